The Morgan fingerprint density at radius 1 is 1.19 bits per heavy atom. The fraction of sp³-hybridized carbons (Fsp3) is 0.611. The minimum Gasteiger partial charge on any atom is -0.299 e. The SMILES string of the molecule is CC(C)(C)C1(CC#N)CCN(Cc2ccc(Cl)cc2)CC1. The first-order valence-electron chi connectivity index (χ1n) is 7.70. The number of nitriles is 1. The Morgan fingerprint density at radius 2 is 1.76 bits per heavy atom. The Labute approximate surface area is 133 Å². The van der Waals surface area contributed by atoms with Crippen LogP contribution in [0.3, 0.4) is 0 Å². The lowest BCUT2D eigenvalue weighted by atomic mass is 9.60. The highest BCUT2D eigenvalue weighted by molar-refractivity contribution is 6.30. The Hall–Kier alpha value is -1.04. The van der Waals surface area contributed by atoms with Crippen molar-refractivity contribution in [2.24, 2.45) is 10.8 Å². The maximum absolute atomic E-state index is 9.20. The monoisotopic (exact) mass is 304 g/mol. The fourth-order valence-corrected chi connectivity index (χ4v) is 3.46. The van der Waals surface area contributed by atoms with E-state index in [0.717, 1.165) is 37.5 Å². The van der Waals surface area contributed by atoms with Crippen LogP contribution in [0.15, 0.2) is 24.3 Å². The molecule has 21 heavy (non-hydrogen) atoms. The molecule has 0 spiro atoms. The number of likely N-dealkylation sites (tertiary alicyclic amines) is 1. The number of halogens is 1. The Morgan fingerprint density at radius 3 is 2.24 bits per heavy atom. The zero-order valence-corrected chi connectivity index (χ0v) is 14.1. The van der Waals surface area contributed by atoms with Crippen molar-refractivity contribution < 1.29 is 0 Å². The summed E-state index contributed by atoms with van der Waals surface area (Å²) in [6.07, 6.45) is 2.89. The molecule has 1 saturated heterocycles. The zero-order chi connectivity index (χ0) is 15.5. The molecule has 0 bridgehead atoms. The smallest absolute Gasteiger partial charge is 0.0627 e. The molecule has 114 valence electrons. The number of rotatable bonds is 3. The molecular weight excluding hydrogens is 280 g/mol. The molecule has 0 atom stereocenters. The quantitative estimate of drug-likeness (QED) is 0.795. The van der Waals surface area contributed by atoms with Crippen LogP contribution in [0, 0.1) is 22.2 Å². The van der Waals surface area contributed by atoms with Gasteiger partial charge in [0.25, 0.3) is 0 Å². The number of nitrogens with zero attached hydrogens (tertiary/aromatic N) is 2. The van der Waals surface area contributed by atoms with E-state index in [1.165, 1.54) is 5.56 Å². The van der Waals surface area contributed by atoms with Crippen molar-refractivity contribution in [1.29, 1.82) is 5.26 Å². The second-order valence-corrected chi connectivity index (χ2v) is 7.70. The number of hydrogen-bond acceptors (Lipinski definition) is 2. The van der Waals surface area contributed by atoms with Crippen LogP contribution in [0.1, 0.15) is 45.6 Å². The van der Waals surface area contributed by atoms with E-state index in [1.54, 1.807) is 0 Å². The summed E-state index contributed by atoms with van der Waals surface area (Å²) in [7, 11) is 0. The number of hydrogen-bond donors (Lipinski definition) is 0. The van der Waals surface area contributed by atoms with Crippen LogP contribution in [0.25, 0.3) is 0 Å². The van der Waals surface area contributed by atoms with Crippen LogP contribution >= 0.6 is 11.6 Å². The lowest BCUT2D eigenvalue weighted by molar-refractivity contribution is 0.00711. The van der Waals surface area contributed by atoms with Gasteiger partial charge in [0.15, 0.2) is 0 Å². The van der Waals surface area contributed by atoms with Crippen molar-refractivity contribution in [3.05, 3.63) is 34.9 Å². The maximum Gasteiger partial charge on any atom is 0.0627 e. The molecule has 1 aliphatic heterocycles. The van der Waals surface area contributed by atoms with E-state index < -0.39 is 0 Å². The molecule has 1 fully saturated rings. The van der Waals surface area contributed by atoms with Gasteiger partial charge in [0, 0.05) is 18.0 Å². The predicted molar refractivity (Wildman–Crippen MR) is 88.1 cm³/mol. The second-order valence-electron chi connectivity index (χ2n) is 7.27. The van der Waals surface area contributed by atoms with Crippen LogP contribution < -0.4 is 0 Å². The Kier molecular flexibility index (Phi) is 4.96. The molecule has 3 heteroatoms. The highest BCUT2D eigenvalue weighted by atomic mass is 35.5. The van der Waals surface area contributed by atoms with Gasteiger partial charge in [-0.15, -0.1) is 0 Å². The molecule has 0 amide bonds. The van der Waals surface area contributed by atoms with Crippen LogP contribution in [0.4, 0.5) is 0 Å². The summed E-state index contributed by atoms with van der Waals surface area (Å²) in [4.78, 5) is 2.49. The summed E-state index contributed by atoms with van der Waals surface area (Å²) < 4.78 is 0. The van der Waals surface area contributed by atoms with E-state index in [0.29, 0.717) is 6.42 Å². The van der Waals surface area contributed by atoms with Crippen molar-refractivity contribution in [3.63, 3.8) is 0 Å². The fourth-order valence-electron chi connectivity index (χ4n) is 3.33. The summed E-state index contributed by atoms with van der Waals surface area (Å²) in [5, 5.41) is 9.99. The third-order valence-electron chi connectivity index (χ3n) is 5.14. The van der Waals surface area contributed by atoms with E-state index >= 15 is 0 Å². The van der Waals surface area contributed by atoms with Gasteiger partial charge in [-0.2, -0.15) is 5.26 Å². The van der Waals surface area contributed by atoms with Crippen LogP contribution in [-0.4, -0.2) is 18.0 Å². The minimum atomic E-state index is 0.165. The third kappa shape index (κ3) is 3.78. The average molecular weight is 305 g/mol. The van der Waals surface area contributed by atoms with Gasteiger partial charge < -0.3 is 0 Å². The molecule has 1 aromatic carbocycles. The topological polar surface area (TPSA) is 27.0 Å². The van der Waals surface area contributed by atoms with E-state index in [1.807, 2.05) is 12.1 Å². The lowest BCUT2D eigenvalue weighted by Gasteiger charge is -2.49. The van der Waals surface area contributed by atoms with Gasteiger partial charge in [-0.25, -0.2) is 0 Å². The van der Waals surface area contributed by atoms with Crippen molar-refractivity contribution in [3.8, 4) is 6.07 Å². The van der Waals surface area contributed by atoms with Crippen LogP contribution in [0.2, 0.25) is 5.02 Å². The lowest BCUT2D eigenvalue weighted by Crippen LogP contribution is -2.46. The average Bonchev–Trinajstić information content (AvgIpc) is 2.43. The van der Waals surface area contributed by atoms with Crippen LogP contribution in [0.5, 0.6) is 0 Å². The summed E-state index contributed by atoms with van der Waals surface area (Å²) in [5.74, 6) is 0. The maximum atomic E-state index is 9.20. The predicted octanol–water partition coefficient (Wildman–Crippen LogP) is 4.88. The van der Waals surface area contributed by atoms with Gasteiger partial charge in [-0.3, -0.25) is 4.90 Å². The molecule has 0 saturated carbocycles. The third-order valence-corrected chi connectivity index (χ3v) is 5.39. The number of benzene rings is 1. The van der Waals surface area contributed by atoms with E-state index in [-0.39, 0.29) is 10.8 Å². The first kappa shape index (κ1) is 16.3. The molecular formula is C18H25ClN2. The first-order chi connectivity index (χ1) is 9.86. The highest BCUT2D eigenvalue weighted by Gasteiger charge is 2.43. The normalized spacial score (nSPS) is 19.2. The standard InChI is InChI=1S/C18H25ClN2/c1-17(2,3)18(8-11-20)9-12-21(13-10-18)14-15-4-6-16(19)7-5-15/h4-7H,8-10,12-14H2,1-3H3. The molecule has 2 rings (SSSR count). The zero-order valence-electron chi connectivity index (χ0n) is 13.3. The molecule has 0 radical (unpaired) electrons. The molecule has 0 unspecified atom stereocenters. The first-order valence-corrected chi connectivity index (χ1v) is 8.08. The molecule has 0 aliphatic carbocycles. The molecule has 0 N–H and O–H groups in total. The van der Waals surface area contributed by atoms with Gasteiger partial charge in [0.1, 0.15) is 0 Å². The molecule has 1 heterocycles. The molecule has 1 aliphatic rings. The van der Waals surface area contributed by atoms with Gasteiger partial charge >= 0.3 is 0 Å². The minimum absolute atomic E-state index is 0.165. The summed E-state index contributed by atoms with van der Waals surface area (Å²) in [6.45, 7) is 9.95. The highest BCUT2D eigenvalue weighted by Crippen LogP contribution is 2.49. The van der Waals surface area contributed by atoms with E-state index in [4.69, 9.17) is 11.6 Å². The summed E-state index contributed by atoms with van der Waals surface area (Å²) >= 11 is 5.93. The van der Waals surface area contributed by atoms with Gasteiger partial charge in [0.05, 0.1) is 6.07 Å². The van der Waals surface area contributed by atoms with Crippen molar-refractivity contribution in [1.82, 2.24) is 4.90 Å². The van der Waals surface area contributed by atoms with E-state index in [2.05, 4.69) is 43.9 Å². The molecule has 2 nitrogen and oxygen atoms in total. The van der Waals surface area contributed by atoms with Gasteiger partial charge in [-0.05, 0) is 54.5 Å². The number of piperidine rings is 1. The second kappa shape index (κ2) is 6.38. The summed E-state index contributed by atoms with van der Waals surface area (Å²) in [6, 6.07) is 10.5. The molecule has 0 aromatic heterocycles. The van der Waals surface area contributed by atoms with E-state index in [9.17, 15) is 5.26 Å². The van der Waals surface area contributed by atoms with Crippen molar-refractivity contribution in [2.75, 3.05) is 13.1 Å². The van der Waals surface area contributed by atoms with Crippen molar-refractivity contribution >= 4 is 11.6 Å². The molecule has 1 aromatic rings. The Bertz CT molecular complexity index is 500. The van der Waals surface area contributed by atoms with Gasteiger partial charge in [-0.1, -0.05) is 44.5 Å². The summed E-state index contributed by atoms with van der Waals surface area (Å²) in [5.41, 5.74) is 1.66. The Balaban J connectivity index is 1.99. The van der Waals surface area contributed by atoms with Crippen molar-refractivity contribution in [2.45, 2.75) is 46.6 Å². The largest absolute Gasteiger partial charge is 0.299 e. The van der Waals surface area contributed by atoms with Gasteiger partial charge in [0.2, 0.25) is 0 Å². The van der Waals surface area contributed by atoms with Crippen LogP contribution in [-0.2, 0) is 6.54 Å².